The van der Waals surface area contributed by atoms with Gasteiger partial charge < -0.3 is 10.6 Å². The first kappa shape index (κ1) is 21.2. The first-order valence-corrected chi connectivity index (χ1v) is 10.1. The fourth-order valence-electron chi connectivity index (χ4n) is 3.07. The lowest BCUT2D eigenvalue weighted by Crippen LogP contribution is -2.46. The second kappa shape index (κ2) is 9.21. The smallest absolute Gasteiger partial charge is 0.261 e. The molecule has 146 valence electrons. The summed E-state index contributed by atoms with van der Waals surface area (Å²) < 4.78 is 27.4. The maximum Gasteiger partial charge on any atom is 0.261 e. The third-order valence-corrected chi connectivity index (χ3v) is 5.79. The van der Waals surface area contributed by atoms with Crippen LogP contribution >= 0.6 is 12.4 Å². The second-order valence-corrected chi connectivity index (χ2v) is 8.23. The first-order valence-electron chi connectivity index (χ1n) is 8.66. The Morgan fingerprint density at radius 1 is 1.11 bits per heavy atom. The van der Waals surface area contributed by atoms with Crippen LogP contribution in [0.2, 0.25) is 0 Å². The maximum absolute atomic E-state index is 12.5. The lowest BCUT2D eigenvalue weighted by molar-refractivity contribution is 0.0925. The van der Waals surface area contributed by atoms with Crippen LogP contribution in [-0.2, 0) is 10.0 Å². The van der Waals surface area contributed by atoms with Crippen molar-refractivity contribution in [2.75, 3.05) is 11.3 Å². The number of carbonyl (C=O) groups excluding carboxylic acids is 1. The van der Waals surface area contributed by atoms with Crippen molar-refractivity contribution in [3.8, 4) is 0 Å². The highest BCUT2D eigenvalue weighted by Crippen LogP contribution is 2.17. The fraction of sp³-hybridized carbons (Fsp3) is 0.316. The van der Waals surface area contributed by atoms with Crippen LogP contribution in [0.4, 0.5) is 5.69 Å². The van der Waals surface area contributed by atoms with Crippen LogP contribution in [0.3, 0.4) is 0 Å². The highest BCUT2D eigenvalue weighted by Gasteiger charge is 2.21. The minimum Gasteiger partial charge on any atom is -0.349 e. The van der Waals surface area contributed by atoms with E-state index in [0.29, 0.717) is 17.3 Å². The minimum absolute atomic E-state index is 0. The fourth-order valence-corrected chi connectivity index (χ4v) is 4.14. The van der Waals surface area contributed by atoms with Gasteiger partial charge in [0.05, 0.1) is 4.90 Å². The van der Waals surface area contributed by atoms with Gasteiger partial charge in [-0.15, -0.1) is 12.4 Å². The van der Waals surface area contributed by atoms with Gasteiger partial charge in [-0.1, -0.05) is 24.3 Å². The number of benzene rings is 2. The quantitative estimate of drug-likeness (QED) is 0.708. The van der Waals surface area contributed by atoms with Crippen molar-refractivity contribution >= 4 is 34.0 Å². The number of nitrogens with one attached hydrogen (secondary N) is 3. The van der Waals surface area contributed by atoms with Crippen molar-refractivity contribution in [2.24, 2.45) is 0 Å². The molecule has 2 aromatic rings. The molecule has 8 heteroatoms. The van der Waals surface area contributed by atoms with Crippen LogP contribution in [0.25, 0.3) is 0 Å². The van der Waals surface area contributed by atoms with Gasteiger partial charge in [-0.2, -0.15) is 0 Å². The Kier molecular flexibility index (Phi) is 7.24. The summed E-state index contributed by atoms with van der Waals surface area (Å²) >= 11 is 0. The van der Waals surface area contributed by atoms with Gasteiger partial charge >= 0.3 is 0 Å². The summed E-state index contributed by atoms with van der Waals surface area (Å²) in [5, 5.41) is 6.38. The van der Waals surface area contributed by atoms with Gasteiger partial charge in [-0.25, -0.2) is 8.42 Å². The van der Waals surface area contributed by atoms with Crippen molar-refractivity contribution in [3.63, 3.8) is 0 Å². The second-order valence-electron chi connectivity index (χ2n) is 6.55. The Bertz CT molecular complexity index is 875. The normalized spacial score (nSPS) is 19.6. The van der Waals surface area contributed by atoms with Crippen molar-refractivity contribution < 1.29 is 13.2 Å². The van der Waals surface area contributed by atoms with E-state index in [4.69, 9.17) is 0 Å². The molecular formula is C19H24ClN3O3S. The van der Waals surface area contributed by atoms with Gasteiger partial charge in [-0.05, 0) is 56.6 Å². The van der Waals surface area contributed by atoms with Crippen molar-refractivity contribution in [1.82, 2.24) is 10.6 Å². The molecule has 1 fully saturated rings. The number of piperidine rings is 1. The largest absolute Gasteiger partial charge is 0.349 e. The summed E-state index contributed by atoms with van der Waals surface area (Å²) in [4.78, 5) is 12.7. The predicted octanol–water partition coefficient (Wildman–Crippen LogP) is 2.78. The molecule has 1 amide bonds. The van der Waals surface area contributed by atoms with E-state index in [1.165, 1.54) is 12.1 Å². The van der Waals surface area contributed by atoms with Crippen LogP contribution in [0.1, 0.15) is 30.1 Å². The van der Waals surface area contributed by atoms with Gasteiger partial charge in [0.2, 0.25) is 0 Å². The highest BCUT2D eigenvalue weighted by atomic mass is 35.5. The summed E-state index contributed by atoms with van der Waals surface area (Å²) in [5.41, 5.74) is 0.796. The lowest BCUT2D eigenvalue weighted by Gasteiger charge is -2.28. The predicted molar refractivity (Wildman–Crippen MR) is 109 cm³/mol. The van der Waals surface area contributed by atoms with Crippen LogP contribution in [0.5, 0.6) is 0 Å². The number of sulfonamides is 1. The maximum atomic E-state index is 12.5. The Balaban J connectivity index is 0.00000261. The van der Waals surface area contributed by atoms with E-state index in [0.717, 1.165) is 19.4 Å². The molecule has 2 unspecified atom stereocenters. The molecular weight excluding hydrogens is 386 g/mol. The molecule has 0 aromatic heterocycles. The SMILES string of the molecule is CC1CC(NC(=O)c2cccc(NS(=O)(=O)c3ccccc3)c2)CCN1.Cl. The average Bonchev–Trinajstić information content (AvgIpc) is 2.62. The number of carbonyl (C=O) groups is 1. The molecule has 3 N–H and O–H groups in total. The number of rotatable bonds is 5. The van der Waals surface area contributed by atoms with Crippen LogP contribution in [0, 0.1) is 0 Å². The first-order chi connectivity index (χ1) is 12.4. The summed E-state index contributed by atoms with van der Waals surface area (Å²) in [7, 11) is -3.68. The molecule has 6 nitrogen and oxygen atoms in total. The number of hydrogen-bond donors (Lipinski definition) is 3. The minimum atomic E-state index is -3.68. The Morgan fingerprint density at radius 3 is 2.56 bits per heavy atom. The zero-order chi connectivity index (χ0) is 18.6. The summed E-state index contributed by atoms with van der Waals surface area (Å²) in [6.45, 7) is 2.97. The molecule has 1 heterocycles. The molecule has 0 spiro atoms. The lowest BCUT2D eigenvalue weighted by atomic mass is 10.0. The zero-order valence-corrected chi connectivity index (χ0v) is 16.6. The molecule has 1 aliphatic heterocycles. The third-order valence-electron chi connectivity index (χ3n) is 4.39. The standard InChI is InChI=1S/C19H23N3O3S.ClH/c1-14-12-16(10-11-20-14)21-19(23)15-6-5-7-17(13-15)22-26(24,25)18-8-3-2-4-9-18;/h2-9,13-14,16,20,22H,10-12H2,1H3,(H,21,23);1H. The number of amides is 1. The molecule has 0 radical (unpaired) electrons. The van der Waals surface area contributed by atoms with E-state index in [1.807, 2.05) is 0 Å². The molecule has 1 saturated heterocycles. The van der Waals surface area contributed by atoms with Crippen molar-refractivity contribution in [3.05, 3.63) is 60.2 Å². The number of hydrogen-bond acceptors (Lipinski definition) is 4. The van der Waals surface area contributed by atoms with E-state index >= 15 is 0 Å². The monoisotopic (exact) mass is 409 g/mol. The van der Waals surface area contributed by atoms with Gasteiger partial charge in [0, 0.05) is 23.3 Å². The zero-order valence-electron chi connectivity index (χ0n) is 15.0. The van der Waals surface area contributed by atoms with Gasteiger partial charge in [0.15, 0.2) is 0 Å². The number of anilines is 1. The van der Waals surface area contributed by atoms with E-state index < -0.39 is 10.0 Å². The van der Waals surface area contributed by atoms with E-state index in [-0.39, 0.29) is 29.3 Å². The van der Waals surface area contributed by atoms with E-state index in [1.54, 1.807) is 42.5 Å². The molecule has 3 rings (SSSR count). The Labute approximate surface area is 166 Å². The van der Waals surface area contributed by atoms with Crippen LogP contribution < -0.4 is 15.4 Å². The average molecular weight is 410 g/mol. The summed E-state index contributed by atoms with van der Waals surface area (Å²) in [6, 6.07) is 15.2. The molecule has 0 aliphatic carbocycles. The molecule has 2 aromatic carbocycles. The topological polar surface area (TPSA) is 87.3 Å². The van der Waals surface area contributed by atoms with Crippen LogP contribution in [0.15, 0.2) is 59.5 Å². The molecule has 2 atom stereocenters. The van der Waals surface area contributed by atoms with E-state index in [2.05, 4.69) is 22.3 Å². The molecule has 0 bridgehead atoms. The molecule has 27 heavy (non-hydrogen) atoms. The Morgan fingerprint density at radius 2 is 1.85 bits per heavy atom. The number of halogens is 1. The van der Waals surface area contributed by atoms with Crippen LogP contribution in [-0.4, -0.2) is 33.0 Å². The van der Waals surface area contributed by atoms with Crippen molar-refractivity contribution in [1.29, 1.82) is 0 Å². The molecule has 0 saturated carbocycles. The van der Waals surface area contributed by atoms with Gasteiger partial charge in [0.25, 0.3) is 15.9 Å². The third kappa shape index (κ3) is 5.69. The van der Waals surface area contributed by atoms with Crippen molar-refractivity contribution in [2.45, 2.75) is 36.7 Å². The Hall–Kier alpha value is -2.09. The molecule has 1 aliphatic rings. The van der Waals surface area contributed by atoms with Gasteiger partial charge in [0.1, 0.15) is 0 Å². The van der Waals surface area contributed by atoms with E-state index in [9.17, 15) is 13.2 Å². The summed E-state index contributed by atoms with van der Waals surface area (Å²) in [6.07, 6.45) is 1.77. The van der Waals surface area contributed by atoms with Gasteiger partial charge in [-0.3, -0.25) is 9.52 Å². The highest BCUT2D eigenvalue weighted by molar-refractivity contribution is 7.92. The summed E-state index contributed by atoms with van der Waals surface area (Å²) in [5.74, 6) is -0.190.